The van der Waals surface area contributed by atoms with E-state index in [4.69, 9.17) is 0 Å². The molecule has 0 aliphatic rings. The van der Waals surface area contributed by atoms with E-state index >= 15 is 0 Å². The van der Waals surface area contributed by atoms with Gasteiger partial charge in [0.15, 0.2) is 0 Å². The minimum atomic E-state index is -4.02. The van der Waals surface area contributed by atoms with Crippen molar-refractivity contribution in [2.24, 2.45) is 0 Å². The molecule has 4 rings (SSSR count). The molecule has 4 aromatic rings. The third-order valence-corrected chi connectivity index (χ3v) is 6.91. The van der Waals surface area contributed by atoms with Gasteiger partial charge in [0.2, 0.25) is 5.13 Å². The van der Waals surface area contributed by atoms with Gasteiger partial charge in [0.1, 0.15) is 5.01 Å². The number of anilines is 2. The maximum absolute atomic E-state index is 12.9. The predicted octanol–water partition coefficient (Wildman–Crippen LogP) is 3.10. The number of aromatic nitrogens is 4. The standard InChI is InChI=1S/C20H20N6O4S2/c1-2-3-8-17-24-25-20(31-17)23-18(27)13-6-4-5-7-14(13)26-32(29,30)12-9-10-15-16(11-12)22-19(28)21-15/h4-7,9-11,26H,2-3,8H2,1H3,(H2,21,22,28)(H,23,25,27). The third kappa shape index (κ3) is 4.70. The normalized spacial score (nSPS) is 11.5. The first-order valence-electron chi connectivity index (χ1n) is 9.83. The summed E-state index contributed by atoms with van der Waals surface area (Å²) >= 11 is 1.29. The lowest BCUT2D eigenvalue weighted by Crippen LogP contribution is -2.18. The molecule has 0 atom stereocenters. The molecule has 0 saturated carbocycles. The first-order valence-corrected chi connectivity index (χ1v) is 12.1. The van der Waals surface area contributed by atoms with Crippen LogP contribution in [-0.2, 0) is 16.4 Å². The zero-order valence-corrected chi connectivity index (χ0v) is 18.6. The SMILES string of the molecule is CCCCc1nnc(NC(=O)c2ccccc2NS(=O)(=O)c2ccc3[nH]c(=O)[nH]c3c2)s1. The summed E-state index contributed by atoms with van der Waals surface area (Å²) in [5, 5.41) is 11.9. The summed E-state index contributed by atoms with van der Waals surface area (Å²) in [4.78, 5) is 29.3. The number of hydrogen-bond acceptors (Lipinski definition) is 7. The second-order valence-corrected chi connectivity index (χ2v) is 9.74. The summed E-state index contributed by atoms with van der Waals surface area (Å²) in [6.45, 7) is 2.08. The van der Waals surface area contributed by atoms with Gasteiger partial charge >= 0.3 is 5.69 Å². The van der Waals surface area contributed by atoms with E-state index in [2.05, 4.69) is 37.1 Å². The number of fused-ring (bicyclic) bond motifs is 1. The monoisotopic (exact) mass is 472 g/mol. The molecule has 10 nitrogen and oxygen atoms in total. The number of hydrogen-bond donors (Lipinski definition) is 4. The summed E-state index contributed by atoms with van der Waals surface area (Å²) in [5.41, 5.74) is 0.670. The zero-order valence-electron chi connectivity index (χ0n) is 17.0. The van der Waals surface area contributed by atoms with Crippen LogP contribution in [-0.4, -0.2) is 34.5 Å². The Balaban J connectivity index is 1.56. The predicted molar refractivity (Wildman–Crippen MR) is 123 cm³/mol. The van der Waals surface area contributed by atoms with Crippen molar-refractivity contribution in [2.45, 2.75) is 31.1 Å². The van der Waals surface area contributed by atoms with Gasteiger partial charge in [0, 0.05) is 6.42 Å². The number of unbranched alkanes of at least 4 members (excludes halogenated alkanes) is 1. The largest absolute Gasteiger partial charge is 0.323 e. The number of sulfonamides is 1. The van der Waals surface area contributed by atoms with Gasteiger partial charge in [-0.05, 0) is 36.8 Å². The number of aromatic amines is 2. The molecule has 2 aromatic heterocycles. The van der Waals surface area contributed by atoms with Crippen LogP contribution >= 0.6 is 11.3 Å². The molecular formula is C20H20N6O4S2. The number of imidazole rings is 1. The van der Waals surface area contributed by atoms with Crippen LogP contribution in [0.4, 0.5) is 10.8 Å². The van der Waals surface area contributed by atoms with E-state index in [-0.39, 0.29) is 16.1 Å². The molecule has 0 aliphatic carbocycles. The van der Waals surface area contributed by atoms with Crippen LogP contribution in [0.3, 0.4) is 0 Å². The summed E-state index contributed by atoms with van der Waals surface area (Å²) in [6.07, 6.45) is 2.80. The molecule has 0 spiro atoms. The number of benzene rings is 2. The van der Waals surface area contributed by atoms with Gasteiger partial charge in [0.05, 0.1) is 27.2 Å². The summed E-state index contributed by atoms with van der Waals surface area (Å²) in [6, 6.07) is 10.5. The van der Waals surface area contributed by atoms with Gasteiger partial charge in [-0.2, -0.15) is 0 Å². The Hall–Kier alpha value is -3.51. The topological polar surface area (TPSA) is 150 Å². The van der Waals surface area contributed by atoms with Crippen LogP contribution < -0.4 is 15.7 Å². The number of aryl methyl sites for hydroxylation is 1. The zero-order chi connectivity index (χ0) is 22.7. The van der Waals surface area contributed by atoms with Gasteiger partial charge in [-0.3, -0.25) is 14.8 Å². The van der Waals surface area contributed by atoms with Crippen LogP contribution in [0, 0.1) is 0 Å². The average molecular weight is 473 g/mol. The van der Waals surface area contributed by atoms with Crippen molar-refractivity contribution in [1.29, 1.82) is 0 Å². The third-order valence-electron chi connectivity index (χ3n) is 4.65. The average Bonchev–Trinajstić information content (AvgIpc) is 3.36. The number of carbonyl (C=O) groups is 1. The molecule has 166 valence electrons. The summed E-state index contributed by atoms with van der Waals surface area (Å²) < 4.78 is 28.3. The Morgan fingerprint density at radius 3 is 2.69 bits per heavy atom. The molecule has 0 radical (unpaired) electrons. The molecule has 2 aromatic carbocycles. The van der Waals surface area contributed by atoms with Crippen molar-refractivity contribution >= 4 is 49.1 Å². The van der Waals surface area contributed by atoms with E-state index in [1.165, 1.54) is 41.7 Å². The molecule has 0 fully saturated rings. The van der Waals surface area contributed by atoms with Crippen molar-refractivity contribution in [3.05, 3.63) is 63.5 Å². The fourth-order valence-electron chi connectivity index (χ4n) is 3.05. The molecule has 2 heterocycles. The number of nitrogens with zero attached hydrogens (tertiary/aromatic N) is 2. The van der Waals surface area contributed by atoms with Crippen LogP contribution in [0.1, 0.15) is 35.1 Å². The molecule has 1 amide bonds. The lowest BCUT2D eigenvalue weighted by molar-refractivity contribution is 0.102. The van der Waals surface area contributed by atoms with E-state index in [0.29, 0.717) is 16.2 Å². The highest BCUT2D eigenvalue weighted by atomic mass is 32.2. The van der Waals surface area contributed by atoms with Crippen molar-refractivity contribution in [3.63, 3.8) is 0 Å². The van der Waals surface area contributed by atoms with Gasteiger partial charge in [-0.15, -0.1) is 10.2 Å². The molecule has 0 bridgehead atoms. The molecular weight excluding hydrogens is 452 g/mol. The number of H-pyrrole nitrogens is 2. The molecule has 0 aliphatic heterocycles. The number of carbonyl (C=O) groups excluding carboxylic acids is 1. The summed E-state index contributed by atoms with van der Waals surface area (Å²) in [5.74, 6) is -0.507. The minimum absolute atomic E-state index is 0.0554. The molecule has 0 saturated heterocycles. The Morgan fingerprint density at radius 1 is 1.09 bits per heavy atom. The van der Waals surface area contributed by atoms with Crippen LogP contribution in [0.2, 0.25) is 0 Å². The van der Waals surface area contributed by atoms with Crippen LogP contribution in [0.5, 0.6) is 0 Å². The molecule has 0 unspecified atom stereocenters. The Bertz CT molecular complexity index is 1440. The number of nitrogens with one attached hydrogen (secondary N) is 4. The minimum Gasteiger partial charge on any atom is -0.306 e. The highest BCUT2D eigenvalue weighted by Crippen LogP contribution is 2.24. The van der Waals surface area contributed by atoms with E-state index < -0.39 is 21.6 Å². The Morgan fingerprint density at radius 2 is 1.88 bits per heavy atom. The van der Waals surface area contributed by atoms with E-state index in [9.17, 15) is 18.0 Å². The van der Waals surface area contributed by atoms with Crippen molar-refractivity contribution < 1.29 is 13.2 Å². The van der Waals surface area contributed by atoms with E-state index in [1.54, 1.807) is 12.1 Å². The van der Waals surface area contributed by atoms with Crippen LogP contribution in [0.25, 0.3) is 11.0 Å². The van der Waals surface area contributed by atoms with Gasteiger partial charge in [-0.25, -0.2) is 13.2 Å². The van der Waals surface area contributed by atoms with Gasteiger partial charge in [-0.1, -0.05) is 36.8 Å². The fraction of sp³-hybridized carbons (Fsp3) is 0.200. The quantitative estimate of drug-likeness (QED) is 0.309. The van der Waals surface area contributed by atoms with Crippen molar-refractivity contribution in [3.8, 4) is 0 Å². The number of amides is 1. The van der Waals surface area contributed by atoms with E-state index in [0.717, 1.165) is 24.3 Å². The van der Waals surface area contributed by atoms with Gasteiger partial charge in [0.25, 0.3) is 15.9 Å². The maximum Gasteiger partial charge on any atom is 0.323 e. The summed E-state index contributed by atoms with van der Waals surface area (Å²) in [7, 11) is -4.02. The van der Waals surface area contributed by atoms with Gasteiger partial charge < -0.3 is 9.97 Å². The first kappa shape index (κ1) is 21.7. The Kier molecular flexibility index (Phi) is 6.06. The van der Waals surface area contributed by atoms with Crippen LogP contribution in [0.15, 0.2) is 52.2 Å². The van der Waals surface area contributed by atoms with Crippen molar-refractivity contribution in [2.75, 3.05) is 10.0 Å². The van der Waals surface area contributed by atoms with E-state index in [1.807, 2.05) is 0 Å². The lowest BCUT2D eigenvalue weighted by atomic mass is 10.2. The number of para-hydroxylation sites is 1. The first-order chi connectivity index (χ1) is 15.4. The smallest absolute Gasteiger partial charge is 0.306 e. The maximum atomic E-state index is 12.9. The second-order valence-electron chi connectivity index (χ2n) is 7.00. The Labute approximate surface area is 187 Å². The van der Waals surface area contributed by atoms with Crippen molar-refractivity contribution in [1.82, 2.24) is 20.2 Å². The fourth-order valence-corrected chi connectivity index (χ4v) is 4.93. The molecule has 12 heteroatoms. The highest BCUT2D eigenvalue weighted by Gasteiger charge is 2.20. The lowest BCUT2D eigenvalue weighted by Gasteiger charge is -2.12. The number of rotatable bonds is 8. The molecule has 32 heavy (non-hydrogen) atoms. The molecule has 4 N–H and O–H groups in total. The second kappa shape index (κ2) is 8.93. The highest BCUT2D eigenvalue weighted by molar-refractivity contribution is 7.92.